The lowest BCUT2D eigenvalue weighted by atomic mass is 9.75. The zero-order valence-corrected chi connectivity index (χ0v) is 16.3. The Labute approximate surface area is 153 Å². The Hall–Kier alpha value is -1.54. The molecule has 0 radical (unpaired) electrons. The van der Waals surface area contributed by atoms with Gasteiger partial charge in [-0.3, -0.25) is 0 Å². The highest BCUT2D eigenvalue weighted by Crippen LogP contribution is 2.38. The molecule has 1 aliphatic carbocycles. The van der Waals surface area contributed by atoms with Crippen LogP contribution in [0, 0.1) is 0 Å². The van der Waals surface area contributed by atoms with E-state index in [-0.39, 0.29) is 0 Å². The van der Waals surface area contributed by atoms with Crippen LogP contribution in [0.5, 0.6) is 0 Å². The average molecular weight is 339 g/mol. The van der Waals surface area contributed by atoms with Crippen LogP contribution in [0.15, 0.2) is 42.1 Å². The van der Waals surface area contributed by atoms with Gasteiger partial charge in [-0.1, -0.05) is 49.6 Å². The maximum absolute atomic E-state index is 3.39. The fourth-order valence-corrected chi connectivity index (χ4v) is 4.44. The molecule has 2 nitrogen and oxygen atoms in total. The Morgan fingerprint density at radius 1 is 1.16 bits per heavy atom. The molecule has 1 saturated carbocycles. The molecule has 0 amide bonds. The highest BCUT2D eigenvalue weighted by atomic mass is 15.1. The number of hydrogen-bond donors (Lipinski definition) is 1. The predicted molar refractivity (Wildman–Crippen MR) is 109 cm³/mol. The monoisotopic (exact) mass is 338 g/mol. The molecule has 1 fully saturated rings. The van der Waals surface area contributed by atoms with E-state index >= 15 is 0 Å². The number of allylic oxidation sites excluding steroid dienone is 2. The number of rotatable bonds is 7. The molecule has 1 aliphatic rings. The maximum atomic E-state index is 3.39. The lowest BCUT2D eigenvalue weighted by molar-refractivity contribution is 0.101. The Kier molecular flexibility index (Phi) is 6.01. The number of benzene rings is 1. The molecule has 1 N–H and O–H groups in total. The molecule has 1 aromatic heterocycles. The predicted octanol–water partition coefficient (Wildman–Crippen LogP) is 6.09. The van der Waals surface area contributed by atoms with Crippen molar-refractivity contribution in [3.8, 4) is 0 Å². The first-order valence-electron chi connectivity index (χ1n) is 10.0. The fraction of sp³-hybridized carbons (Fsp3) is 0.565. The van der Waals surface area contributed by atoms with Crippen molar-refractivity contribution in [1.29, 1.82) is 0 Å². The summed E-state index contributed by atoms with van der Waals surface area (Å²) in [5.41, 5.74) is 4.85. The van der Waals surface area contributed by atoms with Crippen LogP contribution in [0.25, 0.3) is 10.9 Å². The van der Waals surface area contributed by atoms with Crippen LogP contribution in [0.4, 0.5) is 0 Å². The largest absolute Gasteiger partial charge is 0.361 e. The van der Waals surface area contributed by atoms with Gasteiger partial charge >= 0.3 is 0 Å². The first kappa shape index (κ1) is 18.3. The summed E-state index contributed by atoms with van der Waals surface area (Å²) in [6.07, 6.45) is 16.3. The summed E-state index contributed by atoms with van der Waals surface area (Å²) >= 11 is 0. The minimum absolute atomic E-state index is 0.449. The smallest absolute Gasteiger partial charge is 0.0456 e. The fourth-order valence-electron chi connectivity index (χ4n) is 4.44. The van der Waals surface area contributed by atoms with Crippen LogP contribution in [0.1, 0.15) is 63.9 Å². The van der Waals surface area contributed by atoms with E-state index < -0.39 is 0 Å². The van der Waals surface area contributed by atoms with E-state index in [2.05, 4.69) is 67.4 Å². The van der Waals surface area contributed by atoms with Gasteiger partial charge in [0.1, 0.15) is 0 Å². The van der Waals surface area contributed by atoms with Gasteiger partial charge in [0, 0.05) is 22.6 Å². The lowest BCUT2D eigenvalue weighted by Crippen LogP contribution is -2.46. The molecule has 3 rings (SSSR count). The summed E-state index contributed by atoms with van der Waals surface area (Å²) in [4.78, 5) is 5.90. The van der Waals surface area contributed by atoms with Gasteiger partial charge in [0.25, 0.3) is 0 Å². The molecular formula is C23H34N2. The molecule has 0 aliphatic heterocycles. The third-order valence-electron chi connectivity index (χ3n) is 6.29. The number of para-hydroxylation sites is 1. The van der Waals surface area contributed by atoms with Crippen molar-refractivity contribution < 1.29 is 0 Å². The van der Waals surface area contributed by atoms with E-state index in [0.29, 0.717) is 5.54 Å². The molecule has 0 saturated heterocycles. The van der Waals surface area contributed by atoms with Gasteiger partial charge in [-0.15, -0.1) is 0 Å². The second kappa shape index (κ2) is 8.23. The zero-order chi connectivity index (χ0) is 17.7. The summed E-state index contributed by atoms with van der Waals surface area (Å²) in [6, 6.07) is 8.63. The van der Waals surface area contributed by atoms with Crippen LogP contribution in [0.2, 0.25) is 0 Å². The van der Waals surface area contributed by atoms with Crippen LogP contribution in [0.3, 0.4) is 0 Å². The molecule has 2 aromatic rings. The Balaban J connectivity index is 1.55. The highest BCUT2D eigenvalue weighted by Gasteiger charge is 2.34. The van der Waals surface area contributed by atoms with Crippen LogP contribution < -0.4 is 0 Å². The van der Waals surface area contributed by atoms with Crippen molar-refractivity contribution in [2.24, 2.45) is 0 Å². The Bertz CT molecular complexity index is 698. The first-order valence-corrected chi connectivity index (χ1v) is 10.0. The van der Waals surface area contributed by atoms with Crippen molar-refractivity contribution in [3.05, 3.63) is 47.7 Å². The van der Waals surface area contributed by atoms with E-state index in [1.165, 1.54) is 67.8 Å². The minimum atomic E-state index is 0.449. The standard InChI is InChI=1S/C23H34N2/c1-4-5-15-23(25(2)3)16-13-19(14-17-23)9-8-10-20-18-24-22-12-7-6-11-21(20)22/h6-7,9,11-12,18,24H,4-5,8,10,13-17H2,1-3H3. The molecule has 0 unspecified atom stereocenters. The second-order valence-corrected chi connectivity index (χ2v) is 7.98. The number of nitrogens with zero attached hydrogens (tertiary/aromatic N) is 1. The molecule has 1 heterocycles. The lowest BCUT2D eigenvalue weighted by Gasteiger charge is -2.44. The van der Waals surface area contributed by atoms with E-state index in [0.717, 1.165) is 6.42 Å². The number of aromatic nitrogens is 1. The first-order chi connectivity index (χ1) is 12.1. The SMILES string of the molecule is CCCCC1(N(C)C)CCC(=CCCc2c[nH]c3ccccc23)CC1. The quantitative estimate of drug-likeness (QED) is 0.605. The Morgan fingerprint density at radius 2 is 1.92 bits per heavy atom. The van der Waals surface area contributed by atoms with Crippen molar-refractivity contribution in [1.82, 2.24) is 9.88 Å². The summed E-state index contributed by atoms with van der Waals surface area (Å²) < 4.78 is 0. The molecule has 0 spiro atoms. The third-order valence-corrected chi connectivity index (χ3v) is 6.29. The average Bonchev–Trinajstić information content (AvgIpc) is 3.04. The van der Waals surface area contributed by atoms with Crippen molar-refractivity contribution in [2.45, 2.75) is 70.3 Å². The van der Waals surface area contributed by atoms with Crippen LogP contribution in [-0.2, 0) is 6.42 Å². The maximum Gasteiger partial charge on any atom is 0.0456 e. The molecule has 25 heavy (non-hydrogen) atoms. The Morgan fingerprint density at radius 3 is 2.64 bits per heavy atom. The molecule has 0 atom stereocenters. The molecular weight excluding hydrogens is 304 g/mol. The number of aryl methyl sites for hydroxylation is 1. The molecule has 1 aromatic carbocycles. The normalized spacial score (nSPS) is 21.2. The second-order valence-electron chi connectivity index (χ2n) is 7.98. The molecule has 2 heteroatoms. The minimum Gasteiger partial charge on any atom is -0.361 e. The van der Waals surface area contributed by atoms with Crippen molar-refractivity contribution in [2.75, 3.05) is 14.1 Å². The van der Waals surface area contributed by atoms with E-state index in [1.807, 2.05) is 0 Å². The van der Waals surface area contributed by atoms with Crippen molar-refractivity contribution in [3.63, 3.8) is 0 Å². The number of fused-ring (bicyclic) bond motifs is 1. The summed E-state index contributed by atoms with van der Waals surface area (Å²) in [5, 5.41) is 1.38. The van der Waals surface area contributed by atoms with E-state index in [4.69, 9.17) is 0 Å². The molecule has 0 bridgehead atoms. The number of unbranched alkanes of at least 4 members (excludes halogenated alkanes) is 1. The number of nitrogens with one attached hydrogen (secondary N) is 1. The van der Waals surface area contributed by atoms with Gasteiger partial charge in [-0.05, 0) is 70.7 Å². The van der Waals surface area contributed by atoms with Crippen LogP contribution >= 0.6 is 0 Å². The zero-order valence-electron chi connectivity index (χ0n) is 16.3. The summed E-state index contributed by atoms with van der Waals surface area (Å²) in [5.74, 6) is 0. The third kappa shape index (κ3) is 4.17. The van der Waals surface area contributed by atoms with E-state index in [9.17, 15) is 0 Å². The van der Waals surface area contributed by atoms with Gasteiger partial charge in [0.15, 0.2) is 0 Å². The number of H-pyrrole nitrogens is 1. The van der Waals surface area contributed by atoms with Gasteiger partial charge in [0.05, 0.1) is 0 Å². The van der Waals surface area contributed by atoms with Gasteiger partial charge < -0.3 is 9.88 Å². The topological polar surface area (TPSA) is 19.0 Å². The molecule has 136 valence electrons. The van der Waals surface area contributed by atoms with Gasteiger partial charge in [-0.25, -0.2) is 0 Å². The van der Waals surface area contributed by atoms with Gasteiger partial charge in [0.2, 0.25) is 0 Å². The van der Waals surface area contributed by atoms with E-state index in [1.54, 1.807) is 5.57 Å². The highest BCUT2D eigenvalue weighted by molar-refractivity contribution is 5.83. The summed E-state index contributed by atoms with van der Waals surface area (Å²) in [6.45, 7) is 2.31. The summed E-state index contributed by atoms with van der Waals surface area (Å²) in [7, 11) is 4.56. The van der Waals surface area contributed by atoms with Crippen molar-refractivity contribution >= 4 is 10.9 Å². The number of hydrogen-bond acceptors (Lipinski definition) is 1. The van der Waals surface area contributed by atoms with Gasteiger partial charge in [-0.2, -0.15) is 0 Å². The van der Waals surface area contributed by atoms with Crippen LogP contribution in [-0.4, -0.2) is 29.5 Å². The number of aromatic amines is 1.